The van der Waals surface area contributed by atoms with Gasteiger partial charge in [-0.3, -0.25) is 4.79 Å². The van der Waals surface area contributed by atoms with Gasteiger partial charge in [-0.05, 0) is 37.3 Å². The van der Waals surface area contributed by atoms with Gasteiger partial charge in [0, 0.05) is 24.4 Å². The van der Waals surface area contributed by atoms with Gasteiger partial charge < -0.3 is 14.2 Å². The number of benzene rings is 3. The highest BCUT2D eigenvalue weighted by Gasteiger charge is 2.36. The van der Waals surface area contributed by atoms with Crippen molar-refractivity contribution >= 4 is 22.6 Å². The summed E-state index contributed by atoms with van der Waals surface area (Å²) in [5.41, 5.74) is 3.16. The highest BCUT2D eigenvalue weighted by atomic mass is 19.1. The van der Waals surface area contributed by atoms with Crippen molar-refractivity contribution in [3.8, 4) is 5.75 Å². The van der Waals surface area contributed by atoms with E-state index >= 15 is 0 Å². The van der Waals surface area contributed by atoms with E-state index in [1.165, 1.54) is 6.07 Å². The van der Waals surface area contributed by atoms with E-state index in [1.807, 2.05) is 66.1 Å². The van der Waals surface area contributed by atoms with Gasteiger partial charge in [-0.25, -0.2) is 9.37 Å². The lowest BCUT2D eigenvalue weighted by Gasteiger charge is -2.20. The molecule has 1 aliphatic heterocycles. The monoisotopic (exact) mass is 429 g/mol. The first-order valence-corrected chi connectivity index (χ1v) is 10.9. The third-order valence-electron chi connectivity index (χ3n) is 5.92. The molecule has 1 atom stereocenters. The van der Waals surface area contributed by atoms with Gasteiger partial charge in [-0.1, -0.05) is 42.5 Å². The Morgan fingerprint density at radius 2 is 1.78 bits per heavy atom. The van der Waals surface area contributed by atoms with Gasteiger partial charge in [0.05, 0.1) is 29.9 Å². The Bertz CT molecular complexity index is 1280. The smallest absolute Gasteiger partial charge is 0.227 e. The fraction of sp³-hybridized carbons (Fsp3) is 0.231. The number of fused-ring (bicyclic) bond motifs is 1. The summed E-state index contributed by atoms with van der Waals surface area (Å²) in [5.74, 6) is 1.19. The molecule has 1 unspecified atom stereocenters. The molecule has 5 rings (SSSR count). The number of halogens is 1. The molecule has 0 bridgehead atoms. The lowest BCUT2D eigenvalue weighted by atomic mass is 10.1. The summed E-state index contributed by atoms with van der Waals surface area (Å²) in [5, 5.41) is 0. The largest absolute Gasteiger partial charge is 0.492 e. The Labute approximate surface area is 186 Å². The summed E-state index contributed by atoms with van der Waals surface area (Å²) in [6, 6.07) is 22.2. The van der Waals surface area contributed by atoms with Crippen molar-refractivity contribution in [2.75, 3.05) is 18.1 Å². The molecule has 0 saturated carbocycles. The SMILES string of the molecule is CCOc1ccccc1N1CC(c2nc3ccccc3n2Cc2ccccc2F)CC1=O. The molecule has 0 radical (unpaired) electrons. The number of amides is 1. The van der Waals surface area contributed by atoms with E-state index in [0.29, 0.717) is 37.4 Å². The van der Waals surface area contributed by atoms with Gasteiger partial charge in [0.15, 0.2) is 0 Å². The lowest BCUT2D eigenvalue weighted by Crippen LogP contribution is -2.25. The number of rotatable bonds is 6. The molecule has 0 N–H and O–H groups in total. The number of nitrogens with zero attached hydrogens (tertiary/aromatic N) is 3. The van der Waals surface area contributed by atoms with E-state index in [0.717, 1.165) is 22.5 Å². The molecule has 4 aromatic rings. The first-order valence-electron chi connectivity index (χ1n) is 10.9. The molecule has 1 fully saturated rings. The molecule has 1 amide bonds. The maximum atomic E-state index is 14.4. The fourth-order valence-electron chi connectivity index (χ4n) is 4.44. The predicted molar refractivity (Wildman–Crippen MR) is 123 cm³/mol. The number of ether oxygens (including phenoxy) is 1. The Hall–Kier alpha value is -3.67. The van der Waals surface area contributed by atoms with Crippen LogP contribution in [-0.2, 0) is 11.3 Å². The fourth-order valence-corrected chi connectivity index (χ4v) is 4.44. The minimum atomic E-state index is -0.244. The zero-order valence-corrected chi connectivity index (χ0v) is 17.9. The molecule has 6 heteroatoms. The highest BCUT2D eigenvalue weighted by Crippen LogP contribution is 2.37. The summed E-state index contributed by atoms with van der Waals surface area (Å²) < 4.78 is 22.2. The lowest BCUT2D eigenvalue weighted by molar-refractivity contribution is -0.117. The zero-order chi connectivity index (χ0) is 22.1. The molecule has 3 aromatic carbocycles. The molecule has 0 aliphatic carbocycles. The second-order valence-electron chi connectivity index (χ2n) is 7.94. The van der Waals surface area contributed by atoms with Crippen LogP contribution < -0.4 is 9.64 Å². The van der Waals surface area contributed by atoms with Gasteiger partial charge >= 0.3 is 0 Å². The van der Waals surface area contributed by atoms with Crippen LogP contribution in [0.25, 0.3) is 11.0 Å². The van der Waals surface area contributed by atoms with Crippen molar-refractivity contribution in [1.82, 2.24) is 9.55 Å². The summed E-state index contributed by atoms with van der Waals surface area (Å²) in [6.07, 6.45) is 0.348. The van der Waals surface area contributed by atoms with E-state index in [2.05, 4.69) is 0 Å². The Morgan fingerprint density at radius 1 is 1.03 bits per heavy atom. The van der Waals surface area contributed by atoms with E-state index in [4.69, 9.17) is 9.72 Å². The van der Waals surface area contributed by atoms with Crippen molar-refractivity contribution in [3.63, 3.8) is 0 Å². The van der Waals surface area contributed by atoms with Crippen LogP contribution >= 0.6 is 0 Å². The third-order valence-corrected chi connectivity index (χ3v) is 5.92. The molecular weight excluding hydrogens is 405 g/mol. The molecule has 162 valence electrons. The van der Waals surface area contributed by atoms with Gasteiger partial charge in [0.1, 0.15) is 17.4 Å². The highest BCUT2D eigenvalue weighted by molar-refractivity contribution is 5.97. The number of anilines is 1. The number of aromatic nitrogens is 2. The predicted octanol–water partition coefficient (Wildman–Crippen LogP) is 5.14. The van der Waals surface area contributed by atoms with E-state index < -0.39 is 0 Å². The van der Waals surface area contributed by atoms with Crippen molar-refractivity contribution < 1.29 is 13.9 Å². The quantitative estimate of drug-likeness (QED) is 0.426. The molecule has 0 spiro atoms. The zero-order valence-electron chi connectivity index (χ0n) is 17.9. The molecule has 1 saturated heterocycles. The average Bonchev–Trinajstić information content (AvgIpc) is 3.36. The number of para-hydroxylation sites is 4. The Balaban J connectivity index is 1.53. The molecule has 32 heavy (non-hydrogen) atoms. The standard InChI is InChI=1S/C26H24FN3O2/c1-2-32-24-14-8-7-13-23(24)29-17-19(15-25(29)31)26-28-21-11-5-6-12-22(21)30(26)16-18-9-3-4-10-20(18)27/h3-14,19H,2,15-17H2,1H3. The van der Waals surface area contributed by atoms with Crippen LogP contribution in [0.4, 0.5) is 10.1 Å². The minimum Gasteiger partial charge on any atom is -0.492 e. The summed E-state index contributed by atoms with van der Waals surface area (Å²) in [4.78, 5) is 19.7. The number of hydrogen-bond donors (Lipinski definition) is 0. The van der Waals surface area contributed by atoms with Crippen molar-refractivity contribution in [1.29, 1.82) is 0 Å². The van der Waals surface area contributed by atoms with Gasteiger partial charge in [0.25, 0.3) is 0 Å². The summed E-state index contributed by atoms with van der Waals surface area (Å²) >= 11 is 0. The van der Waals surface area contributed by atoms with Crippen LogP contribution in [0.15, 0.2) is 72.8 Å². The van der Waals surface area contributed by atoms with Crippen LogP contribution in [0.2, 0.25) is 0 Å². The minimum absolute atomic E-state index is 0.0339. The van der Waals surface area contributed by atoms with Gasteiger partial charge in [-0.15, -0.1) is 0 Å². The maximum Gasteiger partial charge on any atom is 0.227 e. The Kier molecular flexibility index (Phi) is 5.35. The average molecular weight is 429 g/mol. The second-order valence-corrected chi connectivity index (χ2v) is 7.94. The third kappa shape index (κ3) is 3.62. The summed E-state index contributed by atoms with van der Waals surface area (Å²) in [6.45, 7) is 3.32. The number of carbonyl (C=O) groups is 1. The first kappa shape index (κ1) is 20.2. The number of carbonyl (C=O) groups excluding carboxylic acids is 1. The van der Waals surface area contributed by atoms with Crippen LogP contribution in [0, 0.1) is 5.82 Å². The van der Waals surface area contributed by atoms with E-state index in [9.17, 15) is 9.18 Å². The summed E-state index contributed by atoms with van der Waals surface area (Å²) in [7, 11) is 0. The van der Waals surface area contributed by atoms with E-state index in [1.54, 1.807) is 17.0 Å². The molecule has 2 heterocycles. The van der Waals surface area contributed by atoms with Crippen molar-refractivity contribution in [3.05, 3.63) is 90.0 Å². The van der Waals surface area contributed by atoms with Gasteiger partial charge in [0.2, 0.25) is 5.91 Å². The van der Waals surface area contributed by atoms with Crippen LogP contribution in [0.5, 0.6) is 5.75 Å². The first-order chi connectivity index (χ1) is 15.7. The van der Waals surface area contributed by atoms with Crippen LogP contribution in [-0.4, -0.2) is 28.6 Å². The van der Waals surface area contributed by atoms with Crippen molar-refractivity contribution in [2.24, 2.45) is 0 Å². The molecule has 5 nitrogen and oxygen atoms in total. The maximum absolute atomic E-state index is 14.4. The normalized spacial score (nSPS) is 16.1. The number of imidazole rings is 1. The van der Waals surface area contributed by atoms with Gasteiger partial charge in [-0.2, -0.15) is 0 Å². The second kappa shape index (κ2) is 8.46. The molecular formula is C26H24FN3O2. The Morgan fingerprint density at radius 3 is 2.62 bits per heavy atom. The molecule has 1 aliphatic rings. The topological polar surface area (TPSA) is 47.4 Å². The van der Waals surface area contributed by atoms with E-state index in [-0.39, 0.29) is 17.6 Å². The van der Waals surface area contributed by atoms with Crippen LogP contribution in [0.1, 0.15) is 30.7 Å². The number of hydrogen-bond acceptors (Lipinski definition) is 3. The van der Waals surface area contributed by atoms with Crippen LogP contribution in [0.3, 0.4) is 0 Å². The molecule has 1 aromatic heterocycles. The van der Waals surface area contributed by atoms with Crippen molar-refractivity contribution in [2.45, 2.75) is 25.8 Å².